The third kappa shape index (κ3) is 159. The van der Waals surface area contributed by atoms with E-state index >= 15 is 0 Å². The molecular formula is C6H19N. The maximum atomic E-state index is 3.48. The molecule has 0 amide bonds. The molecule has 48 valence electrons. The van der Waals surface area contributed by atoms with Crippen molar-refractivity contribution < 1.29 is 1.43 Å². The molecule has 0 rings (SSSR count). The first-order valence-electron chi connectivity index (χ1n) is 2.52. The summed E-state index contributed by atoms with van der Waals surface area (Å²) in [5, 5.41) is 0. The third-order valence-corrected chi connectivity index (χ3v) is 0.289. The van der Waals surface area contributed by atoms with E-state index in [1.54, 1.807) is 0 Å². The zero-order valence-corrected chi connectivity index (χ0v) is 5.70. The first-order chi connectivity index (χ1) is 2.91. The maximum absolute atomic E-state index is 3.48. The van der Waals surface area contributed by atoms with Crippen LogP contribution in [0.25, 0.3) is 0 Å². The lowest BCUT2D eigenvalue weighted by Gasteiger charge is -1.57. The van der Waals surface area contributed by atoms with Crippen LogP contribution in [-0.4, -0.2) is 0 Å². The van der Waals surface area contributed by atoms with Gasteiger partial charge in [-0.15, -0.1) is 6.58 Å². The van der Waals surface area contributed by atoms with Gasteiger partial charge in [0.15, 0.2) is 0 Å². The van der Waals surface area contributed by atoms with Gasteiger partial charge in [0.2, 0.25) is 0 Å². The summed E-state index contributed by atoms with van der Waals surface area (Å²) in [5.74, 6) is 0. The van der Waals surface area contributed by atoms with E-state index in [4.69, 9.17) is 0 Å². The Kier molecular flexibility index (Phi) is 99.0. The van der Waals surface area contributed by atoms with Crippen LogP contribution < -0.4 is 6.15 Å². The van der Waals surface area contributed by atoms with Crippen LogP contribution in [0.5, 0.6) is 0 Å². The van der Waals surface area contributed by atoms with Crippen molar-refractivity contribution >= 4 is 0 Å². The van der Waals surface area contributed by atoms with Crippen molar-refractivity contribution in [3.8, 4) is 0 Å². The van der Waals surface area contributed by atoms with Crippen LogP contribution in [0.1, 0.15) is 28.6 Å². The van der Waals surface area contributed by atoms with Crippen LogP contribution >= 0.6 is 0 Å². The van der Waals surface area contributed by atoms with E-state index in [1.807, 2.05) is 19.9 Å². The molecule has 7 heavy (non-hydrogen) atoms. The number of rotatable bonds is 1. The zero-order valence-electron chi connectivity index (χ0n) is 5.70. The van der Waals surface area contributed by atoms with Gasteiger partial charge in [-0.2, -0.15) is 0 Å². The Balaban J connectivity index is -0.0000000183. The molecule has 0 fully saturated rings. The van der Waals surface area contributed by atoms with Gasteiger partial charge in [-0.1, -0.05) is 26.8 Å². The Hall–Kier alpha value is -0.300. The SMILES string of the molecule is C=CCC.CC.N.[HH]. The van der Waals surface area contributed by atoms with E-state index in [-0.39, 0.29) is 7.58 Å². The van der Waals surface area contributed by atoms with Crippen LogP contribution in [0, 0.1) is 0 Å². The fraction of sp³-hybridized carbons (Fsp3) is 0.667. The standard InChI is InChI=1S/C4H8.C2H6.H3N.H2/c1-3-4-2;1-2;;/h3H,1,4H2,2H3;1-2H3;1H3;1H. The van der Waals surface area contributed by atoms with E-state index in [1.165, 1.54) is 0 Å². The van der Waals surface area contributed by atoms with Gasteiger partial charge < -0.3 is 6.15 Å². The zero-order chi connectivity index (χ0) is 5.41. The minimum atomic E-state index is 0. The molecule has 0 saturated carbocycles. The first-order valence-corrected chi connectivity index (χ1v) is 2.52. The lowest BCUT2D eigenvalue weighted by molar-refractivity contribution is 1.23. The molecule has 0 saturated heterocycles. The Morgan fingerprint density at radius 3 is 1.71 bits per heavy atom. The average Bonchev–Trinajstić information content (AvgIpc) is 1.72. The normalized spacial score (nSPS) is 4.43. The van der Waals surface area contributed by atoms with Crippen molar-refractivity contribution in [2.45, 2.75) is 27.2 Å². The highest BCUT2D eigenvalue weighted by molar-refractivity contribution is 4.60. The van der Waals surface area contributed by atoms with Crippen molar-refractivity contribution in [3.63, 3.8) is 0 Å². The molecule has 0 bridgehead atoms. The summed E-state index contributed by atoms with van der Waals surface area (Å²) < 4.78 is 0. The molecule has 0 aromatic heterocycles. The summed E-state index contributed by atoms with van der Waals surface area (Å²) in [4.78, 5) is 0. The van der Waals surface area contributed by atoms with Gasteiger partial charge in [0.1, 0.15) is 0 Å². The number of hydrogen-bond donors (Lipinski definition) is 1. The second-order valence-corrected chi connectivity index (χ2v) is 0.697. The van der Waals surface area contributed by atoms with Gasteiger partial charge in [0, 0.05) is 1.43 Å². The average molecular weight is 105 g/mol. The monoisotopic (exact) mass is 105 g/mol. The molecule has 0 unspecified atom stereocenters. The fourth-order valence-electron chi connectivity index (χ4n) is 0. The molecule has 1 heteroatoms. The van der Waals surface area contributed by atoms with Gasteiger partial charge in [-0.05, 0) is 6.42 Å². The minimum absolute atomic E-state index is 0. The van der Waals surface area contributed by atoms with E-state index in [0.29, 0.717) is 0 Å². The molecule has 0 atom stereocenters. The molecule has 0 aliphatic carbocycles. The highest BCUT2D eigenvalue weighted by atomic mass is 14.0. The molecule has 0 aliphatic rings. The summed E-state index contributed by atoms with van der Waals surface area (Å²) in [7, 11) is 0. The van der Waals surface area contributed by atoms with E-state index < -0.39 is 0 Å². The topological polar surface area (TPSA) is 35.0 Å². The maximum Gasteiger partial charge on any atom is 0 e. The van der Waals surface area contributed by atoms with Crippen LogP contribution in [0.2, 0.25) is 0 Å². The fourth-order valence-corrected chi connectivity index (χ4v) is 0. The van der Waals surface area contributed by atoms with Crippen LogP contribution in [0.15, 0.2) is 12.7 Å². The first kappa shape index (κ1) is 15.9. The highest BCUT2D eigenvalue weighted by Crippen LogP contribution is 1.66. The van der Waals surface area contributed by atoms with E-state index in [0.717, 1.165) is 6.42 Å². The predicted molar refractivity (Wildman–Crippen MR) is 39.0 cm³/mol. The molecule has 1 nitrogen and oxygen atoms in total. The van der Waals surface area contributed by atoms with Gasteiger partial charge in [0.05, 0.1) is 0 Å². The van der Waals surface area contributed by atoms with Crippen LogP contribution in [0.4, 0.5) is 0 Å². The molecular weight excluding hydrogens is 86.1 g/mol. The molecule has 0 spiro atoms. The Bertz CT molecular complexity index is 22.5. The Morgan fingerprint density at radius 1 is 1.57 bits per heavy atom. The summed E-state index contributed by atoms with van der Waals surface area (Å²) in [5.41, 5.74) is 0. The van der Waals surface area contributed by atoms with Crippen molar-refractivity contribution in [3.05, 3.63) is 12.7 Å². The summed E-state index contributed by atoms with van der Waals surface area (Å²) >= 11 is 0. The molecule has 0 heterocycles. The largest absolute Gasteiger partial charge is 0.344 e. The molecule has 0 aliphatic heterocycles. The van der Waals surface area contributed by atoms with Crippen LogP contribution in [-0.2, 0) is 0 Å². The lowest BCUT2D eigenvalue weighted by atomic mass is 10.5. The Labute approximate surface area is 48.5 Å². The quantitative estimate of drug-likeness (QED) is 0.511. The molecule has 0 radical (unpaired) electrons. The molecule has 0 aromatic rings. The summed E-state index contributed by atoms with van der Waals surface area (Å²) in [6.07, 6.45) is 2.96. The molecule has 0 aromatic carbocycles. The van der Waals surface area contributed by atoms with Gasteiger partial charge in [-0.25, -0.2) is 0 Å². The molecule has 3 N–H and O–H groups in total. The number of allylic oxidation sites excluding steroid dienone is 1. The second kappa shape index (κ2) is 43.6. The number of hydrogen-bond acceptors (Lipinski definition) is 1. The van der Waals surface area contributed by atoms with Crippen LogP contribution in [0.3, 0.4) is 0 Å². The van der Waals surface area contributed by atoms with Crippen molar-refractivity contribution in [1.29, 1.82) is 0 Å². The van der Waals surface area contributed by atoms with Crippen molar-refractivity contribution in [1.82, 2.24) is 6.15 Å². The smallest absolute Gasteiger partial charge is 0 e. The van der Waals surface area contributed by atoms with E-state index in [9.17, 15) is 0 Å². The summed E-state index contributed by atoms with van der Waals surface area (Å²) in [6, 6.07) is 0. The Morgan fingerprint density at radius 2 is 1.71 bits per heavy atom. The second-order valence-electron chi connectivity index (χ2n) is 0.697. The highest BCUT2D eigenvalue weighted by Gasteiger charge is 1.45. The van der Waals surface area contributed by atoms with Crippen molar-refractivity contribution in [2.24, 2.45) is 0 Å². The minimum Gasteiger partial charge on any atom is -0.344 e. The third-order valence-electron chi connectivity index (χ3n) is 0.289. The summed E-state index contributed by atoms with van der Waals surface area (Å²) in [6.45, 7) is 9.54. The van der Waals surface area contributed by atoms with Gasteiger partial charge in [0.25, 0.3) is 0 Å². The van der Waals surface area contributed by atoms with Gasteiger partial charge in [-0.3, -0.25) is 0 Å². The predicted octanol–water partition coefficient (Wildman–Crippen LogP) is 3.02. The van der Waals surface area contributed by atoms with Gasteiger partial charge >= 0.3 is 0 Å². The van der Waals surface area contributed by atoms with E-state index in [2.05, 4.69) is 13.5 Å². The van der Waals surface area contributed by atoms with Crippen molar-refractivity contribution in [2.75, 3.05) is 0 Å². The lowest BCUT2D eigenvalue weighted by Crippen LogP contribution is -1.36.